The van der Waals surface area contributed by atoms with E-state index in [0.29, 0.717) is 28.8 Å². The van der Waals surface area contributed by atoms with Gasteiger partial charge in [0, 0.05) is 45.5 Å². The van der Waals surface area contributed by atoms with Gasteiger partial charge < -0.3 is 4.90 Å². The van der Waals surface area contributed by atoms with Crippen molar-refractivity contribution in [2.75, 3.05) is 26.2 Å². The van der Waals surface area contributed by atoms with E-state index in [1.165, 1.54) is 0 Å². The van der Waals surface area contributed by atoms with Crippen LogP contribution in [0.5, 0.6) is 0 Å². The molecule has 0 aliphatic carbocycles. The SMILES string of the molecule is CCn1ccc(C(=O)N2CCN(Cc3ccc(Cl)c(Cl)c3)CC2)n1. The molecular formula is C17H20Cl2N4O. The summed E-state index contributed by atoms with van der Waals surface area (Å²) in [6.07, 6.45) is 1.84. The number of amides is 1. The Morgan fingerprint density at radius 2 is 1.88 bits per heavy atom. The molecule has 0 atom stereocenters. The standard InChI is InChI=1S/C17H20Cl2N4O/c1-2-23-6-5-16(20-23)17(24)22-9-7-21(8-10-22)12-13-3-4-14(18)15(19)11-13/h3-6,11H,2,7-10,12H2,1H3. The highest BCUT2D eigenvalue weighted by Crippen LogP contribution is 2.23. The number of halogens is 2. The number of hydrogen-bond donors (Lipinski definition) is 0. The van der Waals surface area contributed by atoms with E-state index in [-0.39, 0.29) is 5.91 Å². The Morgan fingerprint density at radius 3 is 2.50 bits per heavy atom. The molecule has 5 nitrogen and oxygen atoms in total. The second-order valence-electron chi connectivity index (χ2n) is 5.87. The molecule has 24 heavy (non-hydrogen) atoms. The molecule has 0 saturated carbocycles. The Kier molecular flexibility index (Phi) is 5.43. The van der Waals surface area contributed by atoms with Crippen LogP contribution >= 0.6 is 23.2 Å². The van der Waals surface area contributed by atoms with Crippen LogP contribution in [0.4, 0.5) is 0 Å². The smallest absolute Gasteiger partial charge is 0.274 e. The number of nitrogens with zero attached hydrogens (tertiary/aromatic N) is 4. The normalized spacial score (nSPS) is 15.7. The van der Waals surface area contributed by atoms with E-state index < -0.39 is 0 Å². The number of carbonyl (C=O) groups excluding carboxylic acids is 1. The predicted molar refractivity (Wildman–Crippen MR) is 95.5 cm³/mol. The maximum absolute atomic E-state index is 12.5. The highest BCUT2D eigenvalue weighted by molar-refractivity contribution is 6.42. The lowest BCUT2D eigenvalue weighted by Crippen LogP contribution is -2.48. The van der Waals surface area contributed by atoms with Gasteiger partial charge in [0.15, 0.2) is 0 Å². The molecule has 0 unspecified atom stereocenters. The summed E-state index contributed by atoms with van der Waals surface area (Å²) >= 11 is 12.0. The van der Waals surface area contributed by atoms with Crippen LogP contribution in [0.3, 0.4) is 0 Å². The fourth-order valence-electron chi connectivity index (χ4n) is 2.82. The molecule has 1 aromatic heterocycles. The Hall–Kier alpha value is -1.56. The van der Waals surface area contributed by atoms with E-state index in [4.69, 9.17) is 23.2 Å². The van der Waals surface area contributed by atoms with Crippen LogP contribution in [0.2, 0.25) is 10.0 Å². The van der Waals surface area contributed by atoms with Gasteiger partial charge in [-0.3, -0.25) is 14.4 Å². The third-order valence-electron chi connectivity index (χ3n) is 4.23. The minimum absolute atomic E-state index is 0.0105. The third kappa shape index (κ3) is 3.91. The second kappa shape index (κ2) is 7.55. The van der Waals surface area contributed by atoms with Crippen LogP contribution in [0, 0.1) is 0 Å². The van der Waals surface area contributed by atoms with Gasteiger partial charge >= 0.3 is 0 Å². The monoisotopic (exact) mass is 366 g/mol. The van der Waals surface area contributed by atoms with Gasteiger partial charge in [0.05, 0.1) is 10.0 Å². The molecule has 1 aromatic carbocycles. The number of benzene rings is 1. The molecule has 0 bridgehead atoms. The van der Waals surface area contributed by atoms with Crippen molar-refractivity contribution in [2.24, 2.45) is 0 Å². The lowest BCUT2D eigenvalue weighted by molar-refractivity contribution is 0.0622. The summed E-state index contributed by atoms with van der Waals surface area (Å²) in [5.74, 6) is 0.0105. The summed E-state index contributed by atoms with van der Waals surface area (Å²) in [5.41, 5.74) is 1.65. The summed E-state index contributed by atoms with van der Waals surface area (Å²) in [4.78, 5) is 16.7. The average Bonchev–Trinajstić information content (AvgIpc) is 3.07. The number of aromatic nitrogens is 2. The predicted octanol–water partition coefficient (Wildman–Crippen LogP) is 3.17. The van der Waals surface area contributed by atoms with Gasteiger partial charge in [0.2, 0.25) is 0 Å². The topological polar surface area (TPSA) is 41.4 Å². The van der Waals surface area contributed by atoms with Crippen LogP contribution in [0.15, 0.2) is 30.5 Å². The molecule has 3 rings (SSSR count). The number of piperazine rings is 1. The fraction of sp³-hybridized carbons (Fsp3) is 0.412. The Labute approximate surface area is 151 Å². The van der Waals surface area contributed by atoms with Gasteiger partial charge in [-0.05, 0) is 30.7 Å². The fourth-order valence-corrected chi connectivity index (χ4v) is 3.14. The van der Waals surface area contributed by atoms with E-state index >= 15 is 0 Å². The number of hydrogen-bond acceptors (Lipinski definition) is 3. The van der Waals surface area contributed by atoms with Crippen molar-refractivity contribution in [3.63, 3.8) is 0 Å². The van der Waals surface area contributed by atoms with Gasteiger partial charge in [-0.25, -0.2) is 0 Å². The van der Waals surface area contributed by atoms with Crippen molar-refractivity contribution < 1.29 is 4.79 Å². The van der Waals surface area contributed by atoms with Gasteiger partial charge in [0.25, 0.3) is 5.91 Å². The summed E-state index contributed by atoms with van der Waals surface area (Å²) in [6.45, 7) is 6.66. The molecule has 1 fully saturated rings. The van der Waals surface area contributed by atoms with Crippen molar-refractivity contribution in [3.05, 3.63) is 51.8 Å². The summed E-state index contributed by atoms with van der Waals surface area (Å²) in [5, 5.41) is 5.44. The Bertz CT molecular complexity index is 723. The van der Waals surface area contributed by atoms with Gasteiger partial charge in [-0.15, -0.1) is 0 Å². The van der Waals surface area contributed by atoms with Crippen LogP contribution in [-0.4, -0.2) is 51.7 Å². The van der Waals surface area contributed by atoms with Gasteiger partial charge in [0.1, 0.15) is 5.69 Å². The lowest BCUT2D eigenvalue weighted by atomic mass is 10.2. The molecule has 1 saturated heterocycles. The second-order valence-corrected chi connectivity index (χ2v) is 6.69. The first-order valence-corrected chi connectivity index (χ1v) is 8.81. The molecule has 0 radical (unpaired) electrons. The van der Waals surface area contributed by atoms with Crippen LogP contribution in [-0.2, 0) is 13.1 Å². The van der Waals surface area contributed by atoms with Gasteiger partial charge in [-0.2, -0.15) is 5.10 Å². The van der Waals surface area contributed by atoms with Gasteiger partial charge in [-0.1, -0.05) is 29.3 Å². The first kappa shape index (κ1) is 17.3. The maximum atomic E-state index is 12.5. The van der Waals surface area contributed by atoms with Crippen molar-refractivity contribution in [1.29, 1.82) is 0 Å². The van der Waals surface area contributed by atoms with E-state index in [9.17, 15) is 4.79 Å². The van der Waals surface area contributed by atoms with E-state index in [1.54, 1.807) is 10.7 Å². The Balaban J connectivity index is 1.55. The molecule has 0 spiro atoms. The molecular weight excluding hydrogens is 347 g/mol. The van der Waals surface area contributed by atoms with Crippen molar-refractivity contribution in [2.45, 2.75) is 20.0 Å². The van der Waals surface area contributed by atoms with Crippen molar-refractivity contribution in [1.82, 2.24) is 19.6 Å². The minimum atomic E-state index is 0.0105. The third-order valence-corrected chi connectivity index (χ3v) is 4.97. The molecule has 1 aliphatic heterocycles. The molecule has 1 aliphatic rings. The van der Waals surface area contributed by atoms with Crippen LogP contribution < -0.4 is 0 Å². The first-order valence-electron chi connectivity index (χ1n) is 8.06. The van der Waals surface area contributed by atoms with Crippen molar-refractivity contribution >= 4 is 29.1 Å². The number of aryl methyl sites for hydroxylation is 1. The summed E-state index contributed by atoms with van der Waals surface area (Å²) in [7, 11) is 0. The minimum Gasteiger partial charge on any atom is -0.335 e. The zero-order chi connectivity index (χ0) is 17.1. The summed E-state index contributed by atoms with van der Waals surface area (Å²) in [6, 6.07) is 7.50. The quantitative estimate of drug-likeness (QED) is 0.834. The molecule has 1 amide bonds. The molecule has 2 heterocycles. The largest absolute Gasteiger partial charge is 0.335 e. The lowest BCUT2D eigenvalue weighted by Gasteiger charge is -2.34. The molecule has 2 aromatic rings. The average molecular weight is 367 g/mol. The van der Waals surface area contributed by atoms with E-state index in [0.717, 1.165) is 31.7 Å². The molecule has 0 N–H and O–H groups in total. The van der Waals surface area contributed by atoms with E-state index in [2.05, 4.69) is 10.00 Å². The van der Waals surface area contributed by atoms with Crippen LogP contribution in [0.25, 0.3) is 0 Å². The number of rotatable bonds is 4. The van der Waals surface area contributed by atoms with E-state index in [1.807, 2.05) is 36.2 Å². The highest BCUT2D eigenvalue weighted by Gasteiger charge is 2.23. The summed E-state index contributed by atoms with van der Waals surface area (Å²) < 4.78 is 1.77. The van der Waals surface area contributed by atoms with Crippen LogP contribution in [0.1, 0.15) is 23.0 Å². The maximum Gasteiger partial charge on any atom is 0.274 e. The van der Waals surface area contributed by atoms with Crippen molar-refractivity contribution in [3.8, 4) is 0 Å². The zero-order valence-corrected chi connectivity index (χ0v) is 15.1. The highest BCUT2D eigenvalue weighted by atomic mass is 35.5. The molecule has 128 valence electrons. The molecule has 7 heteroatoms. The Morgan fingerprint density at radius 1 is 1.12 bits per heavy atom. The zero-order valence-electron chi connectivity index (χ0n) is 13.6. The first-order chi connectivity index (χ1) is 11.6. The number of carbonyl (C=O) groups is 1.